The summed E-state index contributed by atoms with van der Waals surface area (Å²) < 4.78 is 0. The van der Waals surface area contributed by atoms with Crippen LogP contribution in [0.3, 0.4) is 0 Å². The van der Waals surface area contributed by atoms with Crippen molar-refractivity contribution in [2.45, 2.75) is 32.8 Å². The summed E-state index contributed by atoms with van der Waals surface area (Å²) >= 11 is 0. The highest BCUT2D eigenvalue weighted by Crippen LogP contribution is 2.33. The molecule has 0 aromatic carbocycles. The molecule has 11 heavy (non-hydrogen) atoms. The second kappa shape index (κ2) is 2.95. The van der Waals surface area contributed by atoms with Gasteiger partial charge >= 0.3 is 0 Å². The molecule has 2 heteroatoms. The van der Waals surface area contributed by atoms with E-state index in [-0.39, 0.29) is 18.1 Å². The van der Waals surface area contributed by atoms with Crippen molar-refractivity contribution in [1.82, 2.24) is 0 Å². The summed E-state index contributed by atoms with van der Waals surface area (Å²) in [6, 6.07) is 0. The highest BCUT2D eigenvalue weighted by atomic mass is 16.3. The SMILES string of the molecule is CC1(C)C=C(CO)CCC1O. The van der Waals surface area contributed by atoms with Crippen LogP contribution in [-0.4, -0.2) is 22.9 Å². The lowest BCUT2D eigenvalue weighted by atomic mass is 9.77. The van der Waals surface area contributed by atoms with Crippen LogP contribution in [0.5, 0.6) is 0 Å². The van der Waals surface area contributed by atoms with Crippen LogP contribution >= 0.6 is 0 Å². The molecule has 1 atom stereocenters. The van der Waals surface area contributed by atoms with Crippen molar-refractivity contribution >= 4 is 0 Å². The van der Waals surface area contributed by atoms with Gasteiger partial charge in [-0.15, -0.1) is 0 Å². The third kappa shape index (κ3) is 1.82. The largest absolute Gasteiger partial charge is 0.392 e. The van der Waals surface area contributed by atoms with Gasteiger partial charge in [0.2, 0.25) is 0 Å². The minimum atomic E-state index is -0.252. The maximum absolute atomic E-state index is 9.52. The first-order valence-corrected chi connectivity index (χ1v) is 4.06. The van der Waals surface area contributed by atoms with Gasteiger partial charge in [-0.05, 0) is 18.4 Å². The Balaban J connectivity index is 2.76. The summed E-state index contributed by atoms with van der Waals surface area (Å²) in [7, 11) is 0. The molecule has 0 heterocycles. The molecule has 0 aliphatic heterocycles. The van der Waals surface area contributed by atoms with Crippen LogP contribution in [0, 0.1) is 5.41 Å². The molecule has 2 N–H and O–H groups in total. The van der Waals surface area contributed by atoms with Gasteiger partial charge in [-0.1, -0.05) is 19.9 Å². The Kier molecular flexibility index (Phi) is 2.35. The quantitative estimate of drug-likeness (QED) is 0.558. The maximum Gasteiger partial charge on any atom is 0.0641 e. The molecule has 0 saturated carbocycles. The van der Waals surface area contributed by atoms with E-state index >= 15 is 0 Å². The Labute approximate surface area is 67.6 Å². The van der Waals surface area contributed by atoms with Crippen LogP contribution in [0.25, 0.3) is 0 Å². The molecule has 0 aromatic heterocycles. The van der Waals surface area contributed by atoms with Crippen LogP contribution in [0.1, 0.15) is 26.7 Å². The van der Waals surface area contributed by atoms with E-state index in [0.29, 0.717) is 0 Å². The fourth-order valence-corrected chi connectivity index (χ4v) is 1.51. The van der Waals surface area contributed by atoms with Gasteiger partial charge in [0.05, 0.1) is 12.7 Å². The highest BCUT2D eigenvalue weighted by molar-refractivity contribution is 5.14. The summed E-state index contributed by atoms with van der Waals surface area (Å²) in [5, 5.41) is 18.4. The molecule has 0 fully saturated rings. The summed E-state index contributed by atoms with van der Waals surface area (Å²) in [6.45, 7) is 4.12. The Morgan fingerprint density at radius 1 is 1.64 bits per heavy atom. The molecule has 1 rings (SSSR count). The summed E-state index contributed by atoms with van der Waals surface area (Å²) in [6.07, 6.45) is 3.35. The zero-order valence-corrected chi connectivity index (χ0v) is 7.17. The molecule has 1 unspecified atom stereocenters. The second-order valence-electron chi connectivity index (χ2n) is 3.84. The van der Waals surface area contributed by atoms with Gasteiger partial charge in [-0.25, -0.2) is 0 Å². The number of rotatable bonds is 1. The predicted molar refractivity (Wildman–Crippen MR) is 44.2 cm³/mol. The molecule has 64 valence electrons. The molecule has 0 spiro atoms. The Hall–Kier alpha value is -0.340. The zero-order valence-electron chi connectivity index (χ0n) is 7.17. The maximum atomic E-state index is 9.52. The third-order valence-electron chi connectivity index (χ3n) is 2.38. The fourth-order valence-electron chi connectivity index (χ4n) is 1.51. The number of aliphatic hydroxyl groups is 2. The molecule has 1 aliphatic carbocycles. The summed E-state index contributed by atoms with van der Waals surface area (Å²) in [5.41, 5.74) is 0.899. The standard InChI is InChI=1S/C9H16O2/c1-9(2)5-7(6-10)3-4-8(9)11/h5,8,10-11H,3-4,6H2,1-2H3. The lowest BCUT2D eigenvalue weighted by molar-refractivity contribution is 0.0646. The molecular formula is C9H16O2. The third-order valence-corrected chi connectivity index (χ3v) is 2.38. The van der Waals surface area contributed by atoms with Gasteiger partial charge in [0.25, 0.3) is 0 Å². The normalized spacial score (nSPS) is 29.8. The van der Waals surface area contributed by atoms with E-state index < -0.39 is 0 Å². The van der Waals surface area contributed by atoms with Crippen LogP contribution in [-0.2, 0) is 0 Å². The average Bonchev–Trinajstić information content (AvgIpc) is 1.95. The van der Waals surface area contributed by atoms with Gasteiger partial charge < -0.3 is 10.2 Å². The first-order chi connectivity index (χ1) is 5.06. The number of hydrogen-bond acceptors (Lipinski definition) is 2. The summed E-state index contributed by atoms with van der Waals surface area (Å²) in [4.78, 5) is 0. The van der Waals surface area contributed by atoms with Crippen molar-refractivity contribution in [1.29, 1.82) is 0 Å². The van der Waals surface area contributed by atoms with E-state index in [1.807, 2.05) is 19.9 Å². The van der Waals surface area contributed by atoms with Gasteiger partial charge in [-0.2, -0.15) is 0 Å². The first kappa shape index (κ1) is 8.75. The van der Waals surface area contributed by atoms with Crippen LogP contribution < -0.4 is 0 Å². The fraction of sp³-hybridized carbons (Fsp3) is 0.778. The zero-order chi connectivity index (χ0) is 8.48. The van der Waals surface area contributed by atoms with E-state index in [1.165, 1.54) is 0 Å². The Morgan fingerprint density at radius 2 is 2.27 bits per heavy atom. The summed E-state index contributed by atoms with van der Waals surface area (Å²) in [5.74, 6) is 0. The van der Waals surface area contributed by atoms with Crippen molar-refractivity contribution in [3.63, 3.8) is 0 Å². The van der Waals surface area contributed by atoms with Crippen molar-refractivity contribution in [3.05, 3.63) is 11.6 Å². The monoisotopic (exact) mass is 156 g/mol. The van der Waals surface area contributed by atoms with Gasteiger partial charge in [-0.3, -0.25) is 0 Å². The lowest BCUT2D eigenvalue weighted by Crippen LogP contribution is -2.31. The van der Waals surface area contributed by atoms with E-state index in [9.17, 15) is 5.11 Å². The molecule has 1 aliphatic rings. The van der Waals surface area contributed by atoms with E-state index in [0.717, 1.165) is 18.4 Å². The molecule has 0 amide bonds. The van der Waals surface area contributed by atoms with Gasteiger partial charge in [0.15, 0.2) is 0 Å². The van der Waals surface area contributed by atoms with Gasteiger partial charge in [0, 0.05) is 5.41 Å². The van der Waals surface area contributed by atoms with Crippen LogP contribution in [0.15, 0.2) is 11.6 Å². The molecule has 0 saturated heterocycles. The molecule has 0 aromatic rings. The number of hydrogen-bond donors (Lipinski definition) is 2. The molecule has 0 radical (unpaired) electrons. The lowest BCUT2D eigenvalue weighted by Gasteiger charge is -2.32. The van der Waals surface area contributed by atoms with E-state index in [4.69, 9.17) is 5.11 Å². The Morgan fingerprint density at radius 3 is 2.73 bits per heavy atom. The van der Waals surface area contributed by atoms with Crippen molar-refractivity contribution in [2.75, 3.05) is 6.61 Å². The predicted octanol–water partition coefficient (Wildman–Crippen LogP) is 1.09. The topological polar surface area (TPSA) is 40.5 Å². The van der Waals surface area contributed by atoms with Crippen molar-refractivity contribution < 1.29 is 10.2 Å². The van der Waals surface area contributed by atoms with Crippen LogP contribution in [0.2, 0.25) is 0 Å². The van der Waals surface area contributed by atoms with Crippen LogP contribution in [0.4, 0.5) is 0 Å². The Bertz CT molecular complexity index is 170. The number of aliphatic hydroxyl groups excluding tert-OH is 2. The minimum absolute atomic E-state index is 0.135. The molecule has 2 nitrogen and oxygen atoms in total. The van der Waals surface area contributed by atoms with Gasteiger partial charge in [0.1, 0.15) is 0 Å². The molecule has 0 bridgehead atoms. The molecular weight excluding hydrogens is 140 g/mol. The van der Waals surface area contributed by atoms with Crippen molar-refractivity contribution in [2.24, 2.45) is 5.41 Å². The van der Waals surface area contributed by atoms with Crippen molar-refractivity contribution in [3.8, 4) is 0 Å². The smallest absolute Gasteiger partial charge is 0.0641 e. The average molecular weight is 156 g/mol. The van der Waals surface area contributed by atoms with E-state index in [1.54, 1.807) is 0 Å². The minimum Gasteiger partial charge on any atom is -0.392 e. The highest BCUT2D eigenvalue weighted by Gasteiger charge is 2.29. The van der Waals surface area contributed by atoms with E-state index in [2.05, 4.69) is 0 Å². The second-order valence-corrected chi connectivity index (χ2v) is 3.84. The first-order valence-electron chi connectivity index (χ1n) is 4.06.